The highest BCUT2D eigenvalue weighted by atomic mass is 32.2. The third kappa shape index (κ3) is 5.40. The monoisotopic (exact) mass is 462 g/mol. The zero-order valence-electron chi connectivity index (χ0n) is 17.0. The molecule has 0 aliphatic rings. The van der Waals surface area contributed by atoms with Crippen molar-refractivity contribution in [3.63, 3.8) is 0 Å². The Morgan fingerprint density at radius 2 is 2.00 bits per heavy atom. The van der Waals surface area contributed by atoms with Crippen LogP contribution in [0, 0.1) is 0 Å². The fraction of sp³-hybridized carbons (Fsp3) is 0.316. The van der Waals surface area contributed by atoms with E-state index < -0.39 is 17.0 Å². The third-order valence-corrected chi connectivity index (χ3v) is 6.38. The van der Waals surface area contributed by atoms with E-state index in [4.69, 9.17) is 10.5 Å². The molecule has 0 bridgehead atoms. The molecule has 0 radical (unpaired) electrons. The minimum atomic E-state index is -0.711. The normalized spacial score (nSPS) is 10.9. The molecule has 0 aliphatic carbocycles. The predicted molar refractivity (Wildman–Crippen MR) is 121 cm³/mol. The van der Waals surface area contributed by atoms with Crippen LogP contribution < -0.4 is 22.3 Å². The second-order valence-electron chi connectivity index (χ2n) is 6.48. The Balaban J connectivity index is 1.79. The number of carbonyl (C=O) groups is 1. The summed E-state index contributed by atoms with van der Waals surface area (Å²) in [5.74, 6) is -0.675. The first kappa shape index (κ1) is 22.7. The minimum Gasteiger partial charge on any atom is -0.384 e. The summed E-state index contributed by atoms with van der Waals surface area (Å²) in [5, 5.41) is 11.7. The highest BCUT2D eigenvalue weighted by molar-refractivity contribution is 8.01. The standard InChI is InChI=1S/C19H22N6O4S2/c1-24-16(27)14(15(20)25(19(24)28)10-12-6-4-3-5-7-12)13(26)11-30-18-23-22-17(31-18)21-8-9-29-2/h3-7H,8-11,20H2,1-2H3,(H,21,22). The Morgan fingerprint density at radius 1 is 1.26 bits per heavy atom. The van der Waals surface area contributed by atoms with Gasteiger partial charge < -0.3 is 15.8 Å². The van der Waals surface area contributed by atoms with Crippen molar-refractivity contribution in [3.8, 4) is 0 Å². The van der Waals surface area contributed by atoms with Crippen LogP contribution in [0.5, 0.6) is 0 Å². The maximum atomic E-state index is 12.8. The quantitative estimate of drug-likeness (QED) is 0.258. The minimum absolute atomic E-state index is 0.0598. The van der Waals surface area contributed by atoms with Crippen molar-refractivity contribution in [2.75, 3.05) is 37.1 Å². The summed E-state index contributed by atoms with van der Waals surface area (Å²) in [6.07, 6.45) is 0. The molecule has 164 valence electrons. The highest BCUT2D eigenvalue weighted by Crippen LogP contribution is 2.26. The van der Waals surface area contributed by atoms with Gasteiger partial charge >= 0.3 is 5.69 Å². The summed E-state index contributed by atoms with van der Waals surface area (Å²) >= 11 is 2.45. The molecule has 10 nitrogen and oxygen atoms in total. The van der Waals surface area contributed by atoms with Gasteiger partial charge in [0.2, 0.25) is 5.13 Å². The zero-order valence-corrected chi connectivity index (χ0v) is 18.7. The number of anilines is 2. The van der Waals surface area contributed by atoms with Crippen LogP contribution in [-0.2, 0) is 18.3 Å². The number of aromatic nitrogens is 4. The molecule has 2 heterocycles. The Bertz CT molecular complexity index is 1170. The largest absolute Gasteiger partial charge is 0.384 e. The van der Waals surface area contributed by atoms with Crippen molar-refractivity contribution in [1.82, 2.24) is 19.3 Å². The van der Waals surface area contributed by atoms with Gasteiger partial charge in [0.15, 0.2) is 10.1 Å². The van der Waals surface area contributed by atoms with Crippen molar-refractivity contribution in [1.29, 1.82) is 0 Å². The molecule has 2 aromatic heterocycles. The van der Waals surface area contributed by atoms with Crippen molar-refractivity contribution in [2.24, 2.45) is 7.05 Å². The van der Waals surface area contributed by atoms with Gasteiger partial charge in [-0.25, -0.2) is 4.79 Å². The zero-order chi connectivity index (χ0) is 22.4. The summed E-state index contributed by atoms with van der Waals surface area (Å²) in [5.41, 5.74) is 5.45. The molecule has 0 aliphatic heterocycles. The van der Waals surface area contributed by atoms with E-state index in [9.17, 15) is 14.4 Å². The average molecular weight is 463 g/mol. The van der Waals surface area contributed by atoms with Crippen LogP contribution in [0.25, 0.3) is 0 Å². The Kier molecular flexibility index (Phi) is 7.60. The molecular formula is C19H22N6O4S2. The number of nitrogens with zero attached hydrogens (tertiary/aromatic N) is 4. The first-order valence-corrected chi connectivity index (χ1v) is 11.1. The van der Waals surface area contributed by atoms with Gasteiger partial charge in [0.1, 0.15) is 11.4 Å². The number of ether oxygens (including phenoxy) is 1. The lowest BCUT2D eigenvalue weighted by Crippen LogP contribution is -2.43. The second-order valence-corrected chi connectivity index (χ2v) is 8.68. The van der Waals surface area contributed by atoms with Gasteiger partial charge in [-0.05, 0) is 5.56 Å². The number of hydrogen-bond donors (Lipinski definition) is 2. The van der Waals surface area contributed by atoms with Crippen LogP contribution in [0.3, 0.4) is 0 Å². The Morgan fingerprint density at radius 3 is 2.71 bits per heavy atom. The molecule has 0 fully saturated rings. The number of rotatable bonds is 10. The van der Waals surface area contributed by atoms with Crippen LogP contribution in [-0.4, -0.2) is 51.1 Å². The summed E-state index contributed by atoms with van der Waals surface area (Å²) < 4.78 is 7.67. The van der Waals surface area contributed by atoms with E-state index in [-0.39, 0.29) is 23.7 Å². The van der Waals surface area contributed by atoms with Crippen molar-refractivity contribution in [3.05, 3.63) is 62.3 Å². The van der Waals surface area contributed by atoms with Gasteiger partial charge in [0, 0.05) is 20.7 Å². The van der Waals surface area contributed by atoms with Gasteiger partial charge in [0.05, 0.1) is 18.9 Å². The third-order valence-electron chi connectivity index (χ3n) is 4.36. The molecule has 0 spiro atoms. The molecule has 3 rings (SSSR count). The molecule has 3 N–H and O–H groups in total. The van der Waals surface area contributed by atoms with E-state index in [0.717, 1.165) is 21.9 Å². The number of Topliss-reactive ketones (excluding diaryl/α,β-unsaturated/α-hetero) is 1. The molecular weight excluding hydrogens is 440 g/mol. The highest BCUT2D eigenvalue weighted by Gasteiger charge is 2.22. The van der Waals surface area contributed by atoms with Crippen LogP contribution >= 0.6 is 23.1 Å². The average Bonchev–Trinajstić information content (AvgIpc) is 3.22. The topological polar surface area (TPSA) is 134 Å². The molecule has 0 saturated heterocycles. The summed E-state index contributed by atoms with van der Waals surface area (Å²) in [6, 6.07) is 9.20. The molecule has 0 atom stereocenters. The maximum Gasteiger partial charge on any atom is 0.332 e. The van der Waals surface area contributed by atoms with Gasteiger partial charge in [-0.1, -0.05) is 53.4 Å². The molecule has 12 heteroatoms. The SMILES string of the molecule is COCCNc1nnc(SCC(=O)c2c(N)n(Cc3ccccc3)c(=O)n(C)c2=O)s1. The fourth-order valence-electron chi connectivity index (χ4n) is 2.76. The number of nitrogen functional groups attached to an aromatic ring is 1. The molecule has 31 heavy (non-hydrogen) atoms. The number of ketones is 1. The maximum absolute atomic E-state index is 12.8. The lowest BCUT2D eigenvalue weighted by Gasteiger charge is -2.14. The van der Waals surface area contributed by atoms with Gasteiger partial charge in [-0.2, -0.15) is 0 Å². The first-order valence-electron chi connectivity index (χ1n) is 9.28. The van der Waals surface area contributed by atoms with Crippen molar-refractivity contribution >= 4 is 39.8 Å². The van der Waals surface area contributed by atoms with Crippen LogP contribution in [0.15, 0.2) is 44.3 Å². The van der Waals surface area contributed by atoms with Crippen LogP contribution in [0.4, 0.5) is 10.9 Å². The van der Waals surface area contributed by atoms with E-state index in [1.165, 1.54) is 23.0 Å². The summed E-state index contributed by atoms with van der Waals surface area (Å²) in [4.78, 5) is 38.0. The number of carbonyl (C=O) groups excluding carboxylic acids is 1. The lowest BCUT2D eigenvalue weighted by molar-refractivity contribution is 0.102. The number of nitrogens with one attached hydrogen (secondary N) is 1. The summed E-state index contributed by atoms with van der Waals surface area (Å²) in [6.45, 7) is 1.27. The van der Waals surface area contributed by atoms with Crippen LogP contribution in [0.2, 0.25) is 0 Å². The van der Waals surface area contributed by atoms with E-state index in [2.05, 4.69) is 15.5 Å². The number of hydrogen-bond acceptors (Lipinski definition) is 10. The molecule has 0 unspecified atom stereocenters. The van der Waals surface area contributed by atoms with Gasteiger partial charge in [-0.3, -0.25) is 18.7 Å². The number of benzene rings is 1. The summed E-state index contributed by atoms with van der Waals surface area (Å²) in [7, 11) is 2.94. The fourth-order valence-corrected chi connectivity index (χ4v) is 4.41. The Hall–Kier alpha value is -2.96. The molecule has 0 amide bonds. The van der Waals surface area contributed by atoms with E-state index in [0.29, 0.717) is 22.6 Å². The Labute approximate surface area is 186 Å². The van der Waals surface area contributed by atoms with Crippen LogP contribution in [0.1, 0.15) is 15.9 Å². The van der Waals surface area contributed by atoms with Crippen molar-refractivity contribution < 1.29 is 9.53 Å². The van der Waals surface area contributed by atoms with Gasteiger partial charge in [-0.15, -0.1) is 10.2 Å². The van der Waals surface area contributed by atoms with E-state index in [1.54, 1.807) is 7.11 Å². The smallest absolute Gasteiger partial charge is 0.332 e. The molecule has 3 aromatic rings. The number of methoxy groups -OCH3 is 1. The van der Waals surface area contributed by atoms with Crippen molar-refractivity contribution in [2.45, 2.75) is 10.9 Å². The van der Waals surface area contributed by atoms with E-state index in [1.807, 2.05) is 30.3 Å². The first-order chi connectivity index (χ1) is 14.9. The molecule has 0 saturated carbocycles. The van der Waals surface area contributed by atoms with E-state index >= 15 is 0 Å². The molecule has 1 aromatic carbocycles. The number of thioether (sulfide) groups is 1. The second kappa shape index (κ2) is 10.4. The van der Waals surface area contributed by atoms with Gasteiger partial charge in [0.25, 0.3) is 5.56 Å². The predicted octanol–water partition coefficient (Wildman–Crippen LogP) is 1.06. The number of nitrogens with two attached hydrogens (primary N) is 1. The lowest BCUT2D eigenvalue weighted by atomic mass is 10.2.